The fourth-order valence-corrected chi connectivity index (χ4v) is 3.79. The molecule has 1 aromatic carbocycles. The summed E-state index contributed by atoms with van der Waals surface area (Å²) in [6, 6.07) is 9.12. The lowest BCUT2D eigenvalue weighted by Crippen LogP contribution is -2.38. The summed E-state index contributed by atoms with van der Waals surface area (Å²) in [6.07, 6.45) is 1.41. The highest BCUT2D eigenvalue weighted by Crippen LogP contribution is 2.30. The number of amides is 1. The van der Waals surface area contributed by atoms with Crippen LogP contribution in [-0.4, -0.2) is 20.9 Å². The van der Waals surface area contributed by atoms with Gasteiger partial charge in [0.1, 0.15) is 11.0 Å². The van der Waals surface area contributed by atoms with E-state index in [9.17, 15) is 13.2 Å². The first-order valence-electron chi connectivity index (χ1n) is 7.43. The molecule has 1 N–H and O–H groups in total. The number of hydrogen-bond donors (Lipinski definition) is 1. The van der Waals surface area contributed by atoms with Gasteiger partial charge in [-0.25, -0.2) is 8.42 Å². The molecule has 0 bridgehead atoms. The summed E-state index contributed by atoms with van der Waals surface area (Å²) in [5, 5.41) is 2.13. The highest BCUT2D eigenvalue weighted by atomic mass is 35.5. The highest BCUT2D eigenvalue weighted by Gasteiger charge is 2.33. The van der Waals surface area contributed by atoms with E-state index in [-0.39, 0.29) is 23.1 Å². The summed E-state index contributed by atoms with van der Waals surface area (Å²) in [5.74, 6) is 0.0459. The van der Waals surface area contributed by atoms with E-state index in [1.165, 1.54) is 30.5 Å². The van der Waals surface area contributed by atoms with Crippen LogP contribution in [0.4, 0.5) is 0 Å². The number of furan rings is 1. The molecule has 0 saturated heterocycles. The van der Waals surface area contributed by atoms with Crippen LogP contribution in [0.25, 0.3) is 0 Å². The van der Waals surface area contributed by atoms with Crippen molar-refractivity contribution in [3.63, 3.8) is 0 Å². The molecule has 1 heterocycles. The van der Waals surface area contributed by atoms with Gasteiger partial charge in [0.2, 0.25) is 5.91 Å². The second-order valence-corrected chi connectivity index (χ2v) is 9.03. The molecule has 0 spiro atoms. The molecule has 1 amide bonds. The predicted octanol–water partition coefficient (Wildman–Crippen LogP) is 3.61. The second-order valence-electron chi connectivity index (χ2n) is 6.46. The van der Waals surface area contributed by atoms with E-state index in [4.69, 9.17) is 16.0 Å². The molecule has 1 atom stereocenters. The fourth-order valence-electron chi connectivity index (χ4n) is 2.08. The van der Waals surface area contributed by atoms with Crippen molar-refractivity contribution < 1.29 is 17.6 Å². The number of sulfone groups is 1. The van der Waals surface area contributed by atoms with Crippen LogP contribution in [0.2, 0.25) is 5.02 Å². The standard InChI is InChI=1S/C17H20ClNO4S/c1-17(2,3)16(20)19-11-15(14-5-4-10-23-14)24(21,22)13-8-6-12(18)7-9-13/h4-10,15H,11H2,1-3H3,(H,19,20)/t15-/m0/s1. The molecule has 0 aliphatic carbocycles. The van der Waals surface area contributed by atoms with Crippen LogP contribution in [0, 0.1) is 5.41 Å². The van der Waals surface area contributed by atoms with Crippen molar-refractivity contribution in [2.45, 2.75) is 30.9 Å². The number of carbonyl (C=O) groups excluding carboxylic acids is 1. The Labute approximate surface area is 146 Å². The number of carbonyl (C=O) groups is 1. The lowest BCUT2D eigenvalue weighted by atomic mass is 9.96. The van der Waals surface area contributed by atoms with Crippen molar-refractivity contribution in [1.29, 1.82) is 0 Å². The third-order valence-corrected chi connectivity index (χ3v) is 5.84. The average molecular weight is 370 g/mol. The van der Waals surface area contributed by atoms with Crippen LogP contribution < -0.4 is 5.32 Å². The molecule has 0 unspecified atom stereocenters. The maximum Gasteiger partial charge on any atom is 0.225 e. The van der Waals surface area contributed by atoms with E-state index in [2.05, 4.69) is 5.32 Å². The van der Waals surface area contributed by atoms with Gasteiger partial charge in [0, 0.05) is 17.0 Å². The van der Waals surface area contributed by atoms with Crippen molar-refractivity contribution in [2.75, 3.05) is 6.54 Å². The van der Waals surface area contributed by atoms with Gasteiger partial charge < -0.3 is 9.73 Å². The topological polar surface area (TPSA) is 76.4 Å². The Bertz CT molecular complexity index is 790. The van der Waals surface area contributed by atoms with Crippen LogP contribution in [0.1, 0.15) is 31.8 Å². The number of rotatable bonds is 5. The molecule has 7 heteroatoms. The zero-order valence-electron chi connectivity index (χ0n) is 13.7. The summed E-state index contributed by atoms with van der Waals surface area (Å²) in [4.78, 5) is 12.2. The monoisotopic (exact) mass is 369 g/mol. The molecule has 0 aliphatic rings. The number of nitrogens with one attached hydrogen (secondary N) is 1. The highest BCUT2D eigenvalue weighted by molar-refractivity contribution is 7.91. The fraction of sp³-hybridized carbons (Fsp3) is 0.353. The molecule has 0 radical (unpaired) electrons. The quantitative estimate of drug-likeness (QED) is 0.873. The molecule has 1 aromatic heterocycles. The number of halogens is 1. The summed E-state index contributed by atoms with van der Waals surface area (Å²) in [7, 11) is -3.75. The summed E-state index contributed by atoms with van der Waals surface area (Å²) >= 11 is 5.82. The zero-order valence-corrected chi connectivity index (χ0v) is 15.3. The smallest absolute Gasteiger partial charge is 0.225 e. The molecule has 2 rings (SSSR count). The summed E-state index contributed by atoms with van der Waals surface area (Å²) < 4.78 is 31.2. The molecule has 0 saturated carbocycles. The first kappa shape index (κ1) is 18.5. The van der Waals surface area contributed by atoms with E-state index in [1.54, 1.807) is 32.9 Å². The molecule has 0 aliphatic heterocycles. The van der Waals surface area contributed by atoms with Crippen molar-refractivity contribution in [2.24, 2.45) is 5.41 Å². The molecule has 130 valence electrons. The van der Waals surface area contributed by atoms with Crippen LogP contribution in [0.3, 0.4) is 0 Å². The van der Waals surface area contributed by atoms with E-state index < -0.39 is 20.5 Å². The Morgan fingerprint density at radius 3 is 2.33 bits per heavy atom. The molecule has 0 fully saturated rings. The van der Waals surface area contributed by atoms with E-state index in [1.807, 2.05) is 0 Å². The lowest BCUT2D eigenvalue weighted by Gasteiger charge is -2.21. The van der Waals surface area contributed by atoms with Crippen molar-refractivity contribution >= 4 is 27.3 Å². The van der Waals surface area contributed by atoms with E-state index >= 15 is 0 Å². The largest absolute Gasteiger partial charge is 0.468 e. The summed E-state index contributed by atoms with van der Waals surface area (Å²) in [5.41, 5.74) is -0.613. The van der Waals surface area contributed by atoms with Crippen LogP contribution in [0.5, 0.6) is 0 Å². The van der Waals surface area contributed by atoms with Crippen LogP contribution in [-0.2, 0) is 14.6 Å². The number of benzene rings is 1. The van der Waals surface area contributed by atoms with Gasteiger partial charge >= 0.3 is 0 Å². The maximum absolute atomic E-state index is 12.9. The minimum absolute atomic E-state index is 0.0748. The van der Waals surface area contributed by atoms with Crippen molar-refractivity contribution in [1.82, 2.24) is 5.32 Å². The van der Waals surface area contributed by atoms with Gasteiger partial charge in [-0.15, -0.1) is 0 Å². The third kappa shape index (κ3) is 4.19. The normalized spacial score (nSPS) is 13.5. The Kier molecular flexibility index (Phi) is 5.40. The molecular formula is C17H20ClNO4S. The van der Waals surface area contributed by atoms with E-state index in [0.717, 1.165) is 0 Å². The van der Waals surface area contributed by atoms with Crippen molar-refractivity contribution in [3.05, 3.63) is 53.4 Å². The van der Waals surface area contributed by atoms with Crippen LogP contribution in [0.15, 0.2) is 52.0 Å². The minimum atomic E-state index is -3.75. The predicted molar refractivity (Wildman–Crippen MR) is 92.6 cm³/mol. The lowest BCUT2D eigenvalue weighted by molar-refractivity contribution is -0.128. The second kappa shape index (κ2) is 6.99. The Morgan fingerprint density at radius 1 is 1.21 bits per heavy atom. The Balaban J connectivity index is 2.33. The van der Waals surface area contributed by atoms with Gasteiger partial charge in [0.25, 0.3) is 0 Å². The zero-order chi connectivity index (χ0) is 18.0. The maximum atomic E-state index is 12.9. The molecule has 24 heavy (non-hydrogen) atoms. The van der Waals surface area contributed by atoms with Crippen LogP contribution >= 0.6 is 11.6 Å². The minimum Gasteiger partial charge on any atom is -0.468 e. The van der Waals surface area contributed by atoms with Gasteiger partial charge in [-0.05, 0) is 36.4 Å². The Hall–Kier alpha value is -1.79. The first-order chi connectivity index (χ1) is 11.1. The van der Waals surface area contributed by atoms with Gasteiger partial charge in [-0.1, -0.05) is 32.4 Å². The Morgan fingerprint density at radius 2 is 1.83 bits per heavy atom. The summed E-state index contributed by atoms with van der Waals surface area (Å²) in [6.45, 7) is 5.21. The van der Waals surface area contributed by atoms with Gasteiger partial charge in [-0.3, -0.25) is 4.79 Å². The average Bonchev–Trinajstić information content (AvgIpc) is 3.00. The van der Waals surface area contributed by atoms with Gasteiger partial charge in [0.05, 0.1) is 11.2 Å². The molecule has 2 aromatic rings. The van der Waals surface area contributed by atoms with Crippen molar-refractivity contribution in [3.8, 4) is 0 Å². The van der Waals surface area contributed by atoms with Gasteiger partial charge in [-0.2, -0.15) is 0 Å². The van der Waals surface area contributed by atoms with Gasteiger partial charge in [0.15, 0.2) is 9.84 Å². The third-order valence-electron chi connectivity index (χ3n) is 3.51. The molecule has 5 nitrogen and oxygen atoms in total. The molecular weight excluding hydrogens is 350 g/mol. The first-order valence-corrected chi connectivity index (χ1v) is 9.36. The van der Waals surface area contributed by atoms with E-state index in [0.29, 0.717) is 5.02 Å². The number of hydrogen-bond acceptors (Lipinski definition) is 4. The SMILES string of the molecule is CC(C)(C)C(=O)NC[C@@H](c1ccco1)S(=O)(=O)c1ccc(Cl)cc1.